The van der Waals surface area contributed by atoms with Crippen LogP contribution in [-0.2, 0) is 14.8 Å². The van der Waals surface area contributed by atoms with Crippen LogP contribution in [0.25, 0.3) is 0 Å². The van der Waals surface area contributed by atoms with Gasteiger partial charge < -0.3 is 10.1 Å². The third-order valence-corrected chi connectivity index (χ3v) is 5.67. The number of carbonyl (C=O) groups is 1. The van der Waals surface area contributed by atoms with Crippen molar-refractivity contribution in [1.29, 1.82) is 0 Å². The van der Waals surface area contributed by atoms with Crippen LogP contribution in [0, 0.1) is 0 Å². The molecule has 8 heteroatoms. The lowest BCUT2D eigenvalue weighted by Crippen LogP contribution is -2.41. The summed E-state index contributed by atoms with van der Waals surface area (Å²) < 4.78 is 31.8. The molecule has 23 heavy (non-hydrogen) atoms. The van der Waals surface area contributed by atoms with Gasteiger partial charge in [-0.1, -0.05) is 18.5 Å². The first kappa shape index (κ1) is 18.0. The summed E-state index contributed by atoms with van der Waals surface area (Å²) in [5.74, 6) is 0.151. The molecule has 0 aromatic heterocycles. The number of ether oxygens (including phenoxy) is 1. The van der Waals surface area contributed by atoms with Crippen molar-refractivity contribution < 1.29 is 17.9 Å². The number of benzene rings is 1. The topological polar surface area (TPSA) is 75.7 Å². The van der Waals surface area contributed by atoms with Gasteiger partial charge in [0.05, 0.1) is 23.1 Å². The molecule has 0 unspecified atom stereocenters. The Balaban J connectivity index is 2.16. The Bertz CT molecular complexity index is 674. The molecule has 1 fully saturated rings. The molecule has 0 atom stereocenters. The van der Waals surface area contributed by atoms with Crippen LogP contribution in [0.1, 0.15) is 26.7 Å². The molecule has 6 nitrogen and oxygen atoms in total. The van der Waals surface area contributed by atoms with Crippen molar-refractivity contribution in [2.45, 2.75) is 37.6 Å². The second-order valence-electron chi connectivity index (χ2n) is 5.30. The first-order valence-electron chi connectivity index (χ1n) is 7.60. The van der Waals surface area contributed by atoms with E-state index in [-0.39, 0.29) is 35.0 Å². The molecule has 1 saturated carbocycles. The number of hydrogen-bond acceptors (Lipinski definition) is 4. The van der Waals surface area contributed by atoms with E-state index in [0.29, 0.717) is 12.4 Å². The summed E-state index contributed by atoms with van der Waals surface area (Å²) >= 11 is 6.06. The summed E-state index contributed by atoms with van der Waals surface area (Å²) in [6.45, 7) is 3.95. The van der Waals surface area contributed by atoms with Crippen molar-refractivity contribution in [1.82, 2.24) is 9.62 Å². The van der Waals surface area contributed by atoms with Gasteiger partial charge in [0.25, 0.3) is 0 Å². The highest BCUT2D eigenvalue weighted by atomic mass is 35.5. The standard InChI is InChI=1S/C15H21ClN2O4S/c1-3-18(10-15(19)17-11-5-6-11)23(20,21)12-7-8-14(22-4-2)13(16)9-12/h7-9,11H,3-6,10H2,1-2H3,(H,17,19). The van der Waals surface area contributed by atoms with Gasteiger partial charge in [0.2, 0.25) is 15.9 Å². The van der Waals surface area contributed by atoms with E-state index >= 15 is 0 Å². The summed E-state index contributed by atoms with van der Waals surface area (Å²) in [5, 5.41) is 3.02. The van der Waals surface area contributed by atoms with E-state index in [4.69, 9.17) is 16.3 Å². The largest absolute Gasteiger partial charge is 0.492 e. The molecule has 1 amide bonds. The number of halogens is 1. The van der Waals surface area contributed by atoms with Crippen molar-refractivity contribution in [3.63, 3.8) is 0 Å². The Morgan fingerprint density at radius 3 is 2.61 bits per heavy atom. The van der Waals surface area contributed by atoms with Crippen LogP contribution >= 0.6 is 11.6 Å². The molecule has 128 valence electrons. The third-order valence-electron chi connectivity index (χ3n) is 3.46. The number of nitrogens with one attached hydrogen (secondary N) is 1. The summed E-state index contributed by atoms with van der Waals surface area (Å²) in [6.07, 6.45) is 1.91. The lowest BCUT2D eigenvalue weighted by molar-refractivity contribution is -0.121. The van der Waals surface area contributed by atoms with Gasteiger partial charge in [-0.2, -0.15) is 4.31 Å². The fraction of sp³-hybridized carbons (Fsp3) is 0.533. The molecule has 1 aromatic carbocycles. The smallest absolute Gasteiger partial charge is 0.243 e. The Morgan fingerprint density at radius 2 is 2.09 bits per heavy atom. The molecule has 0 heterocycles. The van der Waals surface area contributed by atoms with Gasteiger partial charge in [0.1, 0.15) is 5.75 Å². The van der Waals surface area contributed by atoms with Crippen molar-refractivity contribution in [3.8, 4) is 5.75 Å². The zero-order valence-corrected chi connectivity index (χ0v) is 14.8. The molecular formula is C15H21ClN2O4S. The average molecular weight is 361 g/mol. The van der Waals surface area contributed by atoms with Crippen LogP contribution in [0.2, 0.25) is 5.02 Å². The van der Waals surface area contributed by atoms with Crippen LogP contribution in [0.3, 0.4) is 0 Å². The van der Waals surface area contributed by atoms with Gasteiger partial charge in [-0.15, -0.1) is 0 Å². The fourth-order valence-electron chi connectivity index (χ4n) is 2.09. The molecule has 1 aromatic rings. The van der Waals surface area contributed by atoms with E-state index in [1.54, 1.807) is 6.92 Å². The molecular weight excluding hydrogens is 340 g/mol. The van der Waals surface area contributed by atoms with Crippen LogP contribution in [0.15, 0.2) is 23.1 Å². The number of amides is 1. The van der Waals surface area contributed by atoms with E-state index in [0.717, 1.165) is 17.1 Å². The maximum atomic E-state index is 12.7. The highest BCUT2D eigenvalue weighted by molar-refractivity contribution is 7.89. The van der Waals surface area contributed by atoms with E-state index in [1.165, 1.54) is 18.2 Å². The summed E-state index contributed by atoms with van der Waals surface area (Å²) in [7, 11) is -3.78. The van der Waals surface area contributed by atoms with Crippen LogP contribution in [-0.4, -0.2) is 44.4 Å². The van der Waals surface area contributed by atoms with Gasteiger partial charge in [-0.25, -0.2) is 8.42 Å². The van der Waals surface area contributed by atoms with Crippen LogP contribution < -0.4 is 10.1 Å². The predicted molar refractivity (Wildman–Crippen MR) is 88.2 cm³/mol. The van der Waals surface area contributed by atoms with Crippen molar-refractivity contribution in [2.75, 3.05) is 19.7 Å². The quantitative estimate of drug-likeness (QED) is 0.769. The highest BCUT2D eigenvalue weighted by Gasteiger charge is 2.29. The normalized spacial score (nSPS) is 14.8. The lowest BCUT2D eigenvalue weighted by atomic mass is 10.3. The maximum absolute atomic E-state index is 12.7. The van der Waals surface area contributed by atoms with E-state index in [1.807, 2.05) is 6.92 Å². The number of nitrogens with zero attached hydrogens (tertiary/aromatic N) is 1. The number of sulfonamides is 1. The molecule has 2 rings (SSSR count). The van der Waals surface area contributed by atoms with Gasteiger partial charge in [-0.3, -0.25) is 4.79 Å². The molecule has 0 radical (unpaired) electrons. The summed E-state index contributed by atoms with van der Waals surface area (Å²) in [4.78, 5) is 11.9. The number of likely N-dealkylation sites (N-methyl/N-ethyl adjacent to an activating group) is 1. The molecule has 1 N–H and O–H groups in total. The lowest BCUT2D eigenvalue weighted by Gasteiger charge is -2.20. The van der Waals surface area contributed by atoms with Crippen molar-refractivity contribution in [3.05, 3.63) is 23.2 Å². The molecule has 0 spiro atoms. The average Bonchev–Trinajstić information content (AvgIpc) is 3.30. The highest BCUT2D eigenvalue weighted by Crippen LogP contribution is 2.28. The maximum Gasteiger partial charge on any atom is 0.243 e. The zero-order valence-electron chi connectivity index (χ0n) is 13.2. The van der Waals surface area contributed by atoms with Gasteiger partial charge >= 0.3 is 0 Å². The van der Waals surface area contributed by atoms with E-state index in [2.05, 4.69) is 5.32 Å². The molecule has 0 bridgehead atoms. The zero-order chi connectivity index (χ0) is 17.0. The van der Waals surface area contributed by atoms with Crippen molar-refractivity contribution in [2.24, 2.45) is 0 Å². The van der Waals surface area contributed by atoms with Gasteiger partial charge in [0, 0.05) is 12.6 Å². The minimum atomic E-state index is -3.78. The molecule has 1 aliphatic rings. The summed E-state index contributed by atoms with van der Waals surface area (Å²) in [6, 6.07) is 4.51. The molecule has 1 aliphatic carbocycles. The van der Waals surface area contributed by atoms with E-state index in [9.17, 15) is 13.2 Å². The minimum absolute atomic E-state index is 0.0482. The number of hydrogen-bond donors (Lipinski definition) is 1. The predicted octanol–water partition coefficient (Wildman–Crippen LogP) is 2.03. The Morgan fingerprint density at radius 1 is 1.39 bits per heavy atom. The Kier molecular flexibility index (Phi) is 5.89. The van der Waals surface area contributed by atoms with Crippen LogP contribution in [0.4, 0.5) is 0 Å². The molecule has 0 saturated heterocycles. The minimum Gasteiger partial charge on any atom is -0.492 e. The van der Waals surface area contributed by atoms with E-state index < -0.39 is 10.0 Å². The molecule has 0 aliphatic heterocycles. The third kappa shape index (κ3) is 4.59. The summed E-state index contributed by atoms with van der Waals surface area (Å²) in [5.41, 5.74) is 0. The second kappa shape index (κ2) is 7.51. The number of rotatable bonds is 8. The monoisotopic (exact) mass is 360 g/mol. The first-order valence-corrected chi connectivity index (χ1v) is 9.42. The fourth-order valence-corrected chi connectivity index (χ4v) is 3.82. The van der Waals surface area contributed by atoms with Crippen LogP contribution in [0.5, 0.6) is 5.75 Å². The Labute approximate surface area is 141 Å². The Hall–Kier alpha value is -1.31. The van der Waals surface area contributed by atoms with Gasteiger partial charge in [-0.05, 0) is 38.0 Å². The van der Waals surface area contributed by atoms with Gasteiger partial charge in [0.15, 0.2) is 0 Å². The first-order chi connectivity index (χ1) is 10.9. The number of carbonyl (C=O) groups excluding carboxylic acids is 1. The SMILES string of the molecule is CCOc1ccc(S(=O)(=O)N(CC)CC(=O)NC2CC2)cc1Cl. The van der Waals surface area contributed by atoms with Crippen molar-refractivity contribution >= 4 is 27.5 Å². The second-order valence-corrected chi connectivity index (χ2v) is 7.64.